The number of hydrogen-bond acceptors (Lipinski definition) is 4. The summed E-state index contributed by atoms with van der Waals surface area (Å²) in [5, 5.41) is 9.20. The zero-order valence-corrected chi connectivity index (χ0v) is 12.4. The molecule has 0 spiro atoms. The first-order chi connectivity index (χ1) is 10.3. The average molecular weight is 297 g/mol. The second kappa shape index (κ2) is 5.93. The number of rotatable bonds is 4. The molecule has 5 heteroatoms. The van der Waals surface area contributed by atoms with Gasteiger partial charge in [-0.1, -0.05) is 0 Å². The third-order valence-corrected chi connectivity index (χ3v) is 3.99. The van der Waals surface area contributed by atoms with Crippen molar-refractivity contribution in [3.63, 3.8) is 0 Å². The Morgan fingerprint density at radius 3 is 3.00 bits per heavy atom. The summed E-state index contributed by atoms with van der Waals surface area (Å²) in [6.45, 7) is 2.76. The van der Waals surface area contributed by atoms with Crippen molar-refractivity contribution in [1.29, 1.82) is 0 Å². The van der Waals surface area contributed by atoms with Gasteiger partial charge in [0.05, 0.1) is 0 Å². The lowest BCUT2D eigenvalue weighted by Crippen LogP contribution is -2.12. The first-order valence-corrected chi connectivity index (χ1v) is 7.63. The average Bonchev–Trinajstić information content (AvgIpc) is 2.95. The summed E-state index contributed by atoms with van der Waals surface area (Å²) in [4.78, 5) is 16.4. The van der Waals surface area contributed by atoms with Crippen molar-refractivity contribution >= 4 is 38.8 Å². The van der Waals surface area contributed by atoms with Gasteiger partial charge < -0.3 is 10.6 Å². The third kappa shape index (κ3) is 3.03. The fraction of sp³-hybridized carbons (Fsp3) is 0.125. The van der Waals surface area contributed by atoms with E-state index in [1.165, 1.54) is 4.70 Å². The zero-order chi connectivity index (χ0) is 14.7. The maximum atomic E-state index is 12.3. The minimum atomic E-state index is -0.133. The van der Waals surface area contributed by atoms with E-state index in [4.69, 9.17) is 0 Å². The minimum Gasteiger partial charge on any atom is -0.370 e. The van der Waals surface area contributed by atoms with Gasteiger partial charge in [0, 0.05) is 28.7 Å². The highest BCUT2D eigenvalue weighted by Gasteiger charge is 2.08. The molecule has 0 unspecified atom stereocenters. The normalized spacial score (nSPS) is 10.5. The van der Waals surface area contributed by atoms with Crippen LogP contribution in [0.3, 0.4) is 0 Å². The molecule has 21 heavy (non-hydrogen) atoms. The fourth-order valence-corrected chi connectivity index (χ4v) is 2.87. The Balaban J connectivity index is 1.80. The molecule has 4 nitrogen and oxygen atoms in total. The summed E-state index contributed by atoms with van der Waals surface area (Å²) in [5.41, 5.74) is 1.39. The van der Waals surface area contributed by atoms with Crippen LogP contribution in [0, 0.1) is 0 Å². The molecular formula is C16H15N3OS. The van der Waals surface area contributed by atoms with Crippen LogP contribution in [0.2, 0.25) is 0 Å². The van der Waals surface area contributed by atoms with E-state index < -0.39 is 0 Å². The lowest BCUT2D eigenvalue weighted by atomic mass is 10.2. The highest BCUT2D eigenvalue weighted by atomic mass is 32.1. The molecule has 3 aromatic rings. The van der Waals surface area contributed by atoms with Crippen LogP contribution in [0.25, 0.3) is 10.1 Å². The van der Waals surface area contributed by atoms with Crippen LogP contribution in [-0.4, -0.2) is 17.4 Å². The SMILES string of the molecule is CCNc1cc(C(=O)Nc2ccc3sccc3c2)ccn1. The number of nitrogens with one attached hydrogen (secondary N) is 2. The molecule has 1 aromatic carbocycles. The van der Waals surface area contributed by atoms with Crippen LogP contribution in [0.4, 0.5) is 11.5 Å². The van der Waals surface area contributed by atoms with Crippen molar-refractivity contribution in [3.05, 3.63) is 53.5 Å². The standard InChI is InChI=1S/C16H15N3OS/c1-2-17-15-10-12(5-7-18-15)16(20)19-13-3-4-14-11(9-13)6-8-21-14/h3-10H,2H2,1H3,(H,17,18)(H,19,20). The number of amides is 1. The highest BCUT2D eigenvalue weighted by molar-refractivity contribution is 7.17. The van der Waals surface area contributed by atoms with Crippen molar-refractivity contribution in [1.82, 2.24) is 4.98 Å². The predicted molar refractivity (Wildman–Crippen MR) is 88.2 cm³/mol. The molecule has 0 radical (unpaired) electrons. The highest BCUT2D eigenvalue weighted by Crippen LogP contribution is 2.24. The monoisotopic (exact) mass is 297 g/mol. The summed E-state index contributed by atoms with van der Waals surface area (Å²) >= 11 is 1.69. The molecule has 2 aromatic heterocycles. The summed E-state index contributed by atoms with van der Waals surface area (Å²) in [5.74, 6) is 0.574. The number of aromatic nitrogens is 1. The molecule has 106 valence electrons. The molecule has 2 heterocycles. The van der Waals surface area contributed by atoms with E-state index >= 15 is 0 Å². The molecule has 0 bridgehead atoms. The zero-order valence-electron chi connectivity index (χ0n) is 11.6. The topological polar surface area (TPSA) is 54.0 Å². The van der Waals surface area contributed by atoms with Crippen molar-refractivity contribution < 1.29 is 4.79 Å². The van der Waals surface area contributed by atoms with Gasteiger partial charge in [-0.25, -0.2) is 4.98 Å². The number of pyridine rings is 1. The minimum absolute atomic E-state index is 0.133. The van der Waals surface area contributed by atoms with E-state index in [-0.39, 0.29) is 5.91 Å². The molecule has 0 atom stereocenters. The second-order valence-corrected chi connectivity index (χ2v) is 5.54. The van der Waals surface area contributed by atoms with Crippen LogP contribution in [0.15, 0.2) is 48.0 Å². The Labute approximate surface area is 126 Å². The first-order valence-electron chi connectivity index (χ1n) is 6.75. The van der Waals surface area contributed by atoms with Gasteiger partial charge in [0.1, 0.15) is 5.82 Å². The first kappa shape index (κ1) is 13.6. The molecule has 0 saturated carbocycles. The number of carbonyl (C=O) groups is 1. The number of hydrogen-bond donors (Lipinski definition) is 2. The molecule has 0 saturated heterocycles. The lowest BCUT2D eigenvalue weighted by molar-refractivity contribution is 0.102. The molecule has 0 aliphatic heterocycles. The predicted octanol–water partition coefficient (Wildman–Crippen LogP) is 3.98. The number of thiophene rings is 1. The quantitative estimate of drug-likeness (QED) is 0.766. The number of fused-ring (bicyclic) bond motifs is 1. The van der Waals surface area contributed by atoms with E-state index in [0.29, 0.717) is 11.4 Å². The second-order valence-electron chi connectivity index (χ2n) is 4.59. The molecule has 0 aliphatic rings. The van der Waals surface area contributed by atoms with Gasteiger partial charge in [-0.2, -0.15) is 0 Å². The van der Waals surface area contributed by atoms with Gasteiger partial charge >= 0.3 is 0 Å². The third-order valence-electron chi connectivity index (χ3n) is 3.09. The Bertz CT molecular complexity index is 782. The van der Waals surface area contributed by atoms with Crippen molar-refractivity contribution in [3.8, 4) is 0 Å². The van der Waals surface area contributed by atoms with Crippen LogP contribution < -0.4 is 10.6 Å². The van der Waals surface area contributed by atoms with Crippen molar-refractivity contribution in [2.45, 2.75) is 6.92 Å². The smallest absolute Gasteiger partial charge is 0.255 e. The number of anilines is 2. The van der Waals surface area contributed by atoms with Gasteiger partial charge in [0.2, 0.25) is 0 Å². The van der Waals surface area contributed by atoms with Gasteiger partial charge in [-0.05, 0) is 54.1 Å². The summed E-state index contributed by atoms with van der Waals surface area (Å²) in [7, 11) is 0. The number of benzene rings is 1. The maximum absolute atomic E-state index is 12.3. The Kier molecular flexibility index (Phi) is 3.83. The Hall–Kier alpha value is -2.40. The molecule has 3 rings (SSSR count). The van der Waals surface area contributed by atoms with E-state index in [9.17, 15) is 4.79 Å². The molecule has 0 aliphatic carbocycles. The van der Waals surface area contributed by atoms with Crippen molar-refractivity contribution in [2.75, 3.05) is 17.2 Å². The van der Waals surface area contributed by atoms with Crippen LogP contribution in [0.5, 0.6) is 0 Å². The van der Waals surface area contributed by atoms with E-state index in [1.807, 2.05) is 36.6 Å². The van der Waals surface area contributed by atoms with E-state index in [1.54, 1.807) is 29.7 Å². The summed E-state index contributed by atoms with van der Waals surface area (Å²) in [6.07, 6.45) is 1.63. The largest absolute Gasteiger partial charge is 0.370 e. The Morgan fingerprint density at radius 2 is 2.14 bits per heavy atom. The molecule has 2 N–H and O–H groups in total. The van der Waals surface area contributed by atoms with Crippen molar-refractivity contribution in [2.24, 2.45) is 0 Å². The number of carbonyl (C=O) groups excluding carboxylic acids is 1. The van der Waals surface area contributed by atoms with Crippen LogP contribution in [0.1, 0.15) is 17.3 Å². The molecular weight excluding hydrogens is 282 g/mol. The summed E-state index contributed by atoms with van der Waals surface area (Å²) < 4.78 is 1.21. The fourth-order valence-electron chi connectivity index (χ4n) is 2.10. The van der Waals surface area contributed by atoms with Gasteiger partial charge in [-0.15, -0.1) is 11.3 Å². The van der Waals surface area contributed by atoms with Crippen LogP contribution >= 0.6 is 11.3 Å². The van der Waals surface area contributed by atoms with E-state index in [2.05, 4.69) is 15.6 Å². The lowest BCUT2D eigenvalue weighted by Gasteiger charge is -2.07. The van der Waals surface area contributed by atoms with E-state index in [0.717, 1.165) is 17.6 Å². The van der Waals surface area contributed by atoms with Gasteiger partial charge in [0.25, 0.3) is 5.91 Å². The molecule has 0 fully saturated rings. The number of nitrogens with zero attached hydrogens (tertiary/aromatic N) is 1. The summed E-state index contributed by atoms with van der Waals surface area (Å²) in [6, 6.07) is 11.4. The van der Waals surface area contributed by atoms with Gasteiger partial charge in [0.15, 0.2) is 0 Å². The van der Waals surface area contributed by atoms with Gasteiger partial charge in [-0.3, -0.25) is 4.79 Å². The maximum Gasteiger partial charge on any atom is 0.255 e. The molecule has 1 amide bonds. The van der Waals surface area contributed by atoms with Crippen LogP contribution in [-0.2, 0) is 0 Å². The Morgan fingerprint density at radius 1 is 1.24 bits per heavy atom.